The van der Waals surface area contributed by atoms with E-state index >= 15 is 0 Å². The van der Waals surface area contributed by atoms with Gasteiger partial charge in [-0.15, -0.1) is 0 Å². The Kier molecular flexibility index (Phi) is 6.21. The molecular weight excluding hydrogens is 406 g/mol. The van der Waals surface area contributed by atoms with Gasteiger partial charge >= 0.3 is 0 Å². The third-order valence-electron chi connectivity index (χ3n) is 3.51. The molecule has 0 spiro atoms. The molecule has 0 saturated heterocycles. The first-order chi connectivity index (χ1) is 11.7. The number of carbonyl (C=O) groups is 1. The maximum atomic E-state index is 12.1. The summed E-state index contributed by atoms with van der Waals surface area (Å²) in [5.74, 6) is -0.220. The zero-order chi connectivity index (χ0) is 18.6. The molecule has 2 aromatic carbocycles. The number of amides is 1. The Labute approximate surface area is 156 Å². The minimum Gasteiger partial charge on any atom is -0.376 e. The van der Waals surface area contributed by atoms with Crippen LogP contribution < -0.4 is 10.6 Å². The van der Waals surface area contributed by atoms with Gasteiger partial charge in [0.05, 0.1) is 11.4 Å². The van der Waals surface area contributed by atoms with E-state index < -0.39 is 10.0 Å². The molecule has 0 aliphatic carbocycles. The quantitative estimate of drug-likeness (QED) is 0.745. The highest BCUT2D eigenvalue weighted by molar-refractivity contribution is 9.10. The third-order valence-corrected chi connectivity index (χ3v) is 6.21. The summed E-state index contributed by atoms with van der Waals surface area (Å²) in [6, 6.07) is 11.9. The van der Waals surface area contributed by atoms with Crippen LogP contribution in [0.25, 0.3) is 0 Å². The summed E-state index contributed by atoms with van der Waals surface area (Å²) in [5.41, 5.74) is 2.29. The number of halogens is 1. The number of aryl methyl sites for hydroxylation is 1. The monoisotopic (exact) mass is 425 g/mol. The molecule has 0 radical (unpaired) electrons. The number of sulfonamides is 1. The van der Waals surface area contributed by atoms with Gasteiger partial charge in [-0.25, -0.2) is 12.7 Å². The molecule has 1 amide bonds. The van der Waals surface area contributed by atoms with E-state index in [1.165, 1.54) is 26.2 Å². The lowest BCUT2D eigenvalue weighted by Gasteiger charge is -2.13. The molecule has 0 unspecified atom stereocenters. The second-order valence-corrected chi connectivity index (χ2v) is 8.69. The number of nitrogens with zero attached hydrogens (tertiary/aromatic N) is 1. The summed E-state index contributed by atoms with van der Waals surface area (Å²) in [4.78, 5) is 12.2. The topological polar surface area (TPSA) is 78.5 Å². The second kappa shape index (κ2) is 7.99. The largest absolute Gasteiger partial charge is 0.376 e. The minimum atomic E-state index is -3.51. The fourth-order valence-electron chi connectivity index (χ4n) is 2.09. The second-order valence-electron chi connectivity index (χ2n) is 5.68. The van der Waals surface area contributed by atoms with Gasteiger partial charge in [0.1, 0.15) is 0 Å². The van der Waals surface area contributed by atoms with E-state index in [-0.39, 0.29) is 17.3 Å². The number of hydrogen-bond donors (Lipinski definition) is 2. The number of nitrogens with one attached hydrogen (secondary N) is 2. The summed E-state index contributed by atoms with van der Waals surface area (Å²) < 4.78 is 26.4. The van der Waals surface area contributed by atoms with Gasteiger partial charge in [-0.3, -0.25) is 4.79 Å². The van der Waals surface area contributed by atoms with Gasteiger partial charge in [-0.2, -0.15) is 0 Å². The predicted molar refractivity (Wildman–Crippen MR) is 103 cm³/mol. The van der Waals surface area contributed by atoms with Crippen molar-refractivity contribution >= 4 is 43.2 Å². The zero-order valence-electron chi connectivity index (χ0n) is 14.2. The Morgan fingerprint density at radius 2 is 1.84 bits per heavy atom. The van der Waals surface area contributed by atoms with Crippen LogP contribution in [0.3, 0.4) is 0 Å². The molecular formula is C17H20BrN3O3S. The van der Waals surface area contributed by atoms with Crippen LogP contribution in [0.1, 0.15) is 5.56 Å². The number of hydrogen-bond acceptors (Lipinski definition) is 4. The van der Waals surface area contributed by atoms with E-state index in [4.69, 9.17) is 0 Å². The number of rotatable bonds is 6. The van der Waals surface area contributed by atoms with Crippen molar-refractivity contribution in [2.75, 3.05) is 31.3 Å². The van der Waals surface area contributed by atoms with Crippen molar-refractivity contribution in [2.45, 2.75) is 11.8 Å². The van der Waals surface area contributed by atoms with Gasteiger partial charge in [0.2, 0.25) is 15.9 Å². The molecule has 0 fully saturated rings. The zero-order valence-corrected chi connectivity index (χ0v) is 16.6. The van der Waals surface area contributed by atoms with Gasteiger partial charge < -0.3 is 10.6 Å². The SMILES string of the molecule is Cc1cc(NC(=O)CNc2cccc(S(=O)(=O)N(C)C)c2)ccc1Br. The normalized spacial score (nSPS) is 11.4. The van der Waals surface area contributed by atoms with E-state index in [2.05, 4.69) is 26.6 Å². The molecule has 0 atom stereocenters. The van der Waals surface area contributed by atoms with Crippen LogP contribution in [-0.4, -0.2) is 39.3 Å². The van der Waals surface area contributed by atoms with Crippen LogP contribution in [0.15, 0.2) is 51.8 Å². The van der Waals surface area contributed by atoms with Gasteiger partial charge in [-0.1, -0.05) is 22.0 Å². The summed E-state index contributed by atoms with van der Waals surface area (Å²) >= 11 is 3.41. The van der Waals surface area contributed by atoms with Gasteiger partial charge in [0.25, 0.3) is 0 Å². The lowest BCUT2D eigenvalue weighted by atomic mass is 10.2. The summed E-state index contributed by atoms with van der Waals surface area (Å²) in [6.45, 7) is 1.97. The first kappa shape index (κ1) is 19.4. The highest BCUT2D eigenvalue weighted by Crippen LogP contribution is 2.20. The van der Waals surface area contributed by atoms with Crippen molar-refractivity contribution in [1.29, 1.82) is 0 Å². The van der Waals surface area contributed by atoms with Crippen LogP contribution in [0.2, 0.25) is 0 Å². The van der Waals surface area contributed by atoms with Gasteiger partial charge in [0, 0.05) is 29.9 Å². The lowest BCUT2D eigenvalue weighted by Crippen LogP contribution is -2.23. The van der Waals surface area contributed by atoms with Crippen LogP contribution in [0, 0.1) is 6.92 Å². The molecule has 0 aromatic heterocycles. The molecule has 0 bridgehead atoms. The molecule has 0 heterocycles. The van der Waals surface area contributed by atoms with Crippen molar-refractivity contribution in [1.82, 2.24) is 4.31 Å². The van der Waals surface area contributed by atoms with Crippen molar-refractivity contribution in [2.24, 2.45) is 0 Å². The van der Waals surface area contributed by atoms with Crippen molar-refractivity contribution in [3.05, 3.63) is 52.5 Å². The smallest absolute Gasteiger partial charge is 0.243 e. The van der Waals surface area contributed by atoms with Gasteiger partial charge in [0.15, 0.2) is 0 Å². The molecule has 8 heteroatoms. The molecule has 6 nitrogen and oxygen atoms in total. The van der Waals surface area contributed by atoms with E-state index in [1.807, 2.05) is 19.1 Å². The standard InChI is InChI=1S/C17H20BrN3O3S/c1-12-9-14(7-8-16(12)18)20-17(22)11-19-13-5-4-6-15(10-13)25(23,24)21(2)3/h4-10,19H,11H2,1-3H3,(H,20,22). The van der Waals surface area contributed by atoms with Crippen molar-refractivity contribution < 1.29 is 13.2 Å². The third kappa shape index (κ3) is 5.04. The molecule has 2 aromatic rings. The fraction of sp³-hybridized carbons (Fsp3) is 0.235. The average molecular weight is 426 g/mol. The van der Waals surface area contributed by atoms with E-state index in [0.29, 0.717) is 11.4 Å². The van der Waals surface area contributed by atoms with Crippen molar-refractivity contribution in [3.8, 4) is 0 Å². The summed E-state index contributed by atoms with van der Waals surface area (Å²) in [7, 11) is -0.556. The van der Waals surface area contributed by atoms with E-state index in [0.717, 1.165) is 14.3 Å². The number of anilines is 2. The Balaban J connectivity index is 2.01. The maximum Gasteiger partial charge on any atom is 0.243 e. The Bertz CT molecular complexity index is 882. The van der Waals surface area contributed by atoms with Crippen molar-refractivity contribution in [3.63, 3.8) is 0 Å². The summed E-state index contributed by atoms with van der Waals surface area (Å²) in [5, 5.41) is 5.73. The van der Waals surface area contributed by atoms with Gasteiger partial charge in [-0.05, 0) is 48.9 Å². The molecule has 134 valence electrons. The predicted octanol–water partition coefficient (Wildman–Crippen LogP) is 3.06. The number of carbonyl (C=O) groups excluding carboxylic acids is 1. The first-order valence-electron chi connectivity index (χ1n) is 7.52. The molecule has 2 rings (SSSR count). The fourth-order valence-corrected chi connectivity index (χ4v) is 3.28. The minimum absolute atomic E-state index is 0.0283. The average Bonchev–Trinajstić information content (AvgIpc) is 2.56. The van der Waals surface area contributed by atoms with E-state index in [1.54, 1.807) is 18.2 Å². The van der Waals surface area contributed by atoms with Crippen LogP contribution >= 0.6 is 15.9 Å². The lowest BCUT2D eigenvalue weighted by molar-refractivity contribution is -0.114. The summed E-state index contributed by atoms with van der Waals surface area (Å²) in [6.07, 6.45) is 0. The Morgan fingerprint density at radius 1 is 1.12 bits per heavy atom. The highest BCUT2D eigenvalue weighted by atomic mass is 79.9. The molecule has 0 aliphatic rings. The maximum absolute atomic E-state index is 12.1. The Morgan fingerprint density at radius 3 is 2.48 bits per heavy atom. The molecule has 25 heavy (non-hydrogen) atoms. The van der Waals surface area contributed by atoms with Crippen LogP contribution in [0.4, 0.5) is 11.4 Å². The molecule has 0 aliphatic heterocycles. The number of benzene rings is 2. The van der Waals surface area contributed by atoms with Crippen LogP contribution in [0.5, 0.6) is 0 Å². The highest BCUT2D eigenvalue weighted by Gasteiger charge is 2.17. The van der Waals surface area contributed by atoms with E-state index in [9.17, 15) is 13.2 Å². The first-order valence-corrected chi connectivity index (χ1v) is 9.76. The molecule has 2 N–H and O–H groups in total. The Hall–Kier alpha value is -1.90. The molecule has 0 saturated carbocycles. The van der Waals surface area contributed by atoms with Crippen LogP contribution in [-0.2, 0) is 14.8 Å².